The molecule has 57 heavy (non-hydrogen) atoms. The maximum absolute atomic E-state index is 4.94. The Morgan fingerprint density at radius 2 is 1.26 bits per heavy atom. The second kappa shape index (κ2) is 16.1. The lowest BCUT2D eigenvalue weighted by atomic mass is 9.80. The molecule has 2 heteroatoms. The van der Waals surface area contributed by atoms with E-state index in [-0.39, 0.29) is 5.92 Å². The van der Waals surface area contributed by atoms with Crippen LogP contribution in [-0.2, 0) is 0 Å². The first-order valence-corrected chi connectivity index (χ1v) is 19.9. The first-order valence-electron chi connectivity index (χ1n) is 19.9. The van der Waals surface area contributed by atoms with Crippen molar-refractivity contribution in [2.75, 3.05) is 0 Å². The van der Waals surface area contributed by atoms with Crippen LogP contribution >= 0.6 is 0 Å². The summed E-state index contributed by atoms with van der Waals surface area (Å²) >= 11 is 0. The number of fused-ring (bicyclic) bond motifs is 2. The van der Waals surface area contributed by atoms with Crippen molar-refractivity contribution in [3.63, 3.8) is 0 Å². The number of rotatable bonds is 9. The van der Waals surface area contributed by atoms with Gasteiger partial charge in [-0.25, -0.2) is 0 Å². The van der Waals surface area contributed by atoms with Crippen LogP contribution in [0.4, 0.5) is 0 Å². The summed E-state index contributed by atoms with van der Waals surface area (Å²) in [5.41, 5.74) is 14.4. The van der Waals surface area contributed by atoms with Crippen molar-refractivity contribution >= 4 is 39.5 Å². The zero-order chi connectivity index (χ0) is 38.6. The van der Waals surface area contributed by atoms with Gasteiger partial charge < -0.3 is 0 Å². The lowest BCUT2D eigenvalue weighted by Gasteiger charge is -2.25. The molecule has 7 aromatic carbocycles. The molecule has 1 heterocycles. The molecule has 0 fully saturated rings. The standard InChI is InChI=1S/C55H44N2/c1-3-4-29-56-37-39-15-13-21-44(30-39)54-49-23-11-12-24-50(49)55(45-22-14-20-43(31-45)53-28-25-38(2)36-57-53)52-35-42(26-27-51(52)54)48-33-46(40-16-7-5-8-17-40)32-47(34-48)41-18-9-6-10-19-41/h3-24,26-30,32-38,43H,1,25,31H2,2H3/b29-4-,56-37?. The fourth-order valence-electron chi connectivity index (χ4n) is 8.37. The van der Waals surface area contributed by atoms with Crippen LogP contribution in [0.2, 0.25) is 0 Å². The SMILES string of the molecule is C=C/C=C\N=Cc1cccc(-c2c3ccccc3c(C3=CC=CC(C4=CCC(C)C=N4)C3)c3cc(-c4cc(-c5ccccc5)cc(-c5ccccc5)c4)ccc23)c1. The largest absolute Gasteiger partial charge is 0.265 e. The fraction of sp³-hybridized carbons (Fsp3) is 0.0909. The number of hydrogen-bond donors (Lipinski definition) is 0. The van der Waals surface area contributed by atoms with Gasteiger partial charge in [-0.15, -0.1) is 0 Å². The van der Waals surface area contributed by atoms with Gasteiger partial charge in [-0.1, -0.05) is 159 Å². The monoisotopic (exact) mass is 732 g/mol. The molecule has 9 rings (SSSR count). The predicted octanol–water partition coefficient (Wildman–Crippen LogP) is 14.7. The minimum atomic E-state index is 0.229. The van der Waals surface area contributed by atoms with E-state index in [0.29, 0.717) is 5.92 Å². The highest BCUT2D eigenvalue weighted by molar-refractivity contribution is 6.19. The van der Waals surface area contributed by atoms with E-state index in [4.69, 9.17) is 4.99 Å². The van der Waals surface area contributed by atoms with Crippen molar-refractivity contribution in [1.82, 2.24) is 0 Å². The van der Waals surface area contributed by atoms with E-state index in [1.807, 2.05) is 12.3 Å². The van der Waals surface area contributed by atoms with Crippen molar-refractivity contribution < 1.29 is 0 Å². The molecule has 1 aliphatic heterocycles. The topological polar surface area (TPSA) is 24.7 Å². The third kappa shape index (κ3) is 7.43. The van der Waals surface area contributed by atoms with Gasteiger partial charge in [0, 0.05) is 30.2 Å². The molecule has 0 aromatic heterocycles. The third-order valence-electron chi connectivity index (χ3n) is 11.2. The van der Waals surface area contributed by atoms with Gasteiger partial charge >= 0.3 is 0 Å². The van der Waals surface area contributed by atoms with Gasteiger partial charge in [0.05, 0.1) is 0 Å². The molecule has 0 radical (unpaired) electrons. The van der Waals surface area contributed by atoms with E-state index in [2.05, 4.69) is 195 Å². The van der Waals surface area contributed by atoms with Crippen LogP contribution in [0.1, 0.15) is 30.9 Å². The predicted molar refractivity (Wildman–Crippen MR) is 246 cm³/mol. The van der Waals surface area contributed by atoms with Crippen molar-refractivity contribution in [1.29, 1.82) is 0 Å². The third-order valence-corrected chi connectivity index (χ3v) is 11.2. The Labute approximate surface area is 336 Å². The fourth-order valence-corrected chi connectivity index (χ4v) is 8.37. The van der Waals surface area contributed by atoms with Gasteiger partial charge in [0.15, 0.2) is 0 Å². The minimum Gasteiger partial charge on any atom is -0.265 e. The molecule has 7 aromatic rings. The smallest absolute Gasteiger partial charge is 0.0432 e. The van der Waals surface area contributed by atoms with Crippen LogP contribution in [0.25, 0.3) is 71.6 Å². The molecule has 1 aliphatic carbocycles. The summed E-state index contributed by atoms with van der Waals surface area (Å²) in [5, 5.41) is 4.96. The summed E-state index contributed by atoms with van der Waals surface area (Å²) in [6, 6.07) is 53.2. The second-order valence-corrected chi connectivity index (χ2v) is 15.1. The summed E-state index contributed by atoms with van der Waals surface area (Å²) in [5.74, 6) is 0.707. The van der Waals surface area contributed by atoms with Gasteiger partial charge in [0.2, 0.25) is 0 Å². The van der Waals surface area contributed by atoms with Gasteiger partial charge in [0.25, 0.3) is 0 Å². The van der Waals surface area contributed by atoms with E-state index in [0.717, 1.165) is 24.0 Å². The van der Waals surface area contributed by atoms with Crippen LogP contribution in [0, 0.1) is 11.8 Å². The van der Waals surface area contributed by atoms with E-state index in [1.165, 1.54) is 77.3 Å². The quantitative estimate of drug-likeness (QED) is 0.0802. The Balaban J connectivity index is 1.28. The van der Waals surface area contributed by atoms with E-state index in [9.17, 15) is 0 Å². The molecule has 2 aliphatic rings. The van der Waals surface area contributed by atoms with Crippen LogP contribution in [-0.4, -0.2) is 12.4 Å². The summed E-state index contributed by atoms with van der Waals surface area (Å²) in [6.07, 6.45) is 20.5. The molecule has 2 unspecified atom stereocenters. The first kappa shape index (κ1) is 35.8. The van der Waals surface area contributed by atoms with E-state index < -0.39 is 0 Å². The zero-order valence-corrected chi connectivity index (χ0v) is 32.2. The van der Waals surface area contributed by atoms with Gasteiger partial charge in [-0.2, -0.15) is 0 Å². The van der Waals surface area contributed by atoms with Crippen LogP contribution in [0.15, 0.2) is 211 Å². The summed E-state index contributed by atoms with van der Waals surface area (Å²) in [4.78, 5) is 9.45. The van der Waals surface area contributed by atoms with Crippen LogP contribution < -0.4 is 0 Å². The molecule has 0 bridgehead atoms. The molecular formula is C55H44N2. The Hall–Kier alpha value is -6.90. The van der Waals surface area contributed by atoms with Crippen molar-refractivity contribution in [3.05, 3.63) is 212 Å². The molecular weight excluding hydrogens is 689 g/mol. The highest BCUT2D eigenvalue weighted by Crippen LogP contribution is 2.46. The molecule has 0 amide bonds. The maximum atomic E-state index is 4.94. The second-order valence-electron chi connectivity index (χ2n) is 15.1. The first-order chi connectivity index (χ1) is 28.1. The van der Waals surface area contributed by atoms with Crippen LogP contribution in [0.3, 0.4) is 0 Å². The Morgan fingerprint density at radius 1 is 0.614 bits per heavy atom. The zero-order valence-electron chi connectivity index (χ0n) is 32.2. The van der Waals surface area contributed by atoms with E-state index >= 15 is 0 Å². The highest BCUT2D eigenvalue weighted by atomic mass is 14.8. The van der Waals surface area contributed by atoms with Crippen molar-refractivity contribution in [3.8, 4) is 44.5 Å². The van der Waals surface area contributed by atoms with Crippen molar-refractivity contribution in [2.45, 2.75) is 19.8 Å². The normalized spacial score (nSPS) is 16.7. The average Bonchev–Trinajstić information content (AvgIpc) is 3.27. The van der Waals surface area contributed by atoms with Gasteiger partial charge in [0.1, 0.15) is 0 Å². The van der Waals surface area contributed by atoms with Gasteiger partial charge in [-0.05, 0) is 138 Å². The van der Waals surface area contributed by atoms with E-state index in [1.54, 1.807) is 12.3 Å². The molecule has 2 nitrogen and oxygen atoms in total. The lowest BCUT2D eigenvalue weighted by molar-refractivity contribution is 0.715. The summed E-state index contributed by atoms with van der Waals surface area (Å²) < 4.78 is 0. The molecule has 274 valence electrons. The average molecular weight is 733 g/mol. The number of aliphatic imine (C=N–C) groups is 2. The minimum absolute atomic E-state index is 0.229. The Morgan fingerprint density at radius 3 is 1.95 bits per heavy atom. The molecule has 0 spiro atoms. The van der Waals surface area contributed by atoms with Crippen LogP contribution in [0.5, 0.6) is 0 Å². The molecule has 0 saturated carbocycles. The lowest BCUT2D eigenvalue weighted by Crippen LogP contribution is -2.09. The number of allylic oxidation sites excluding steroid dienone is 7. The number of benzene rings is 7. The van der Waals surface area contributed by atoms with Gasteiger partial charge in [-0.3, -0.25) is 9.98 Å². The number of hydrogen-bond acceptors (Lipinski definition) is 2. The molecule has 2 atom stereocenters. The Kier molecular flexibility index (Phi) is 10.1. The highest BCUT2D eigenvalue weighted by Gasteiger charge is 2.24. The molecule has 0 N–H and O–H groups in total. The molecule has 0 saturated heterocycles. The summed E-state index contributed by atoms with van der Waals surface area (Å²) in [7, 11) is 0. The number of nitrogens with zero attached hydrogens (tertiary/aromatic N) is 2. The Bertz CT molecular complexity index is 2750. The summed E-state index contributed by atoms with van der Waals surface area (Å²) in [6.45, 7) is 6.01. The van der Waals surface area contributed by atoms with Crippen molar-refractivity contribution in [2.24, 2.45) is 21.8 Å². The maximum Gasteiger partial charge on any atom is 0.0432 e.